The smallest absolute Gasteiger partial charge is 0.282 e. The maximum absolute atomic E-state index is 14.4. The van der Waals surface area contributed by atoms with Gasteiger partial charge < -0.3 is 0 Å². The highest BCUT2D eigenvalue weighted by Gasteiger charge is 2.23. The summed E-state index contributed by atoms with van der Waals surface area (Å²) >= 11 is 1.68. The molecule has 0 spiro atoms. The summed E-state index contributed by atoms with van der Waals surface area (Å²) in [6.45, 7) is 0. The van der Waals surface area contributed by atoms with Crippen molar-refractivity contribution >= 4 is 44.0 Å². The maximum Gasteiger partial charge on any atom is 0.282 e. The van der Waals surface area contributed by atoms with E-state index < -0.39 is 0 Å². The molecule has 28 heavy (non-hydrogen) atoms. The average molecular weight is 386 g/mol. The van der Waals surface area contributed by atoms with Crippen molar-refractivity contribution in [1.82, 2.24) is 9.38 Å². The fourth-order valence-electron chi connectivity index (χ4n) is 4.37. The maximum atomic E-state index is 14.4. The molecule has 0 bridgehead atoms. The molecule has 1 aliphatic carbocycles. The molecule has 5 heteroatoms. The molecular weight excluding hydrogens is 371 g/mol. The lowest BCUT2D eigenvalue weighted by Gasteiger charge is -2.00. The Morgan fingerprint density at radius 1 is 1.04 bits per heavy atom. The summed E-state index contributed by atoms with van der Waals surface area (Å²) in [7, 11) is 0. The lowest BCUT2D eigenvalue weighted by atomic mass is 10.1. The Bertz CT molecular complexity index is 1530. The van der Waals surface area contributed by atoms with E-state index in [1.807, 2.05) is 36.4 Å². The van der Waals surface area contributed by atoms with E-state index in [9.17, 15) is 9.18 Å². The molecule has 3 heterocycles. The third-order valence-electron chi connectivity index (χ3n) is 5.62. The van der Waals surface area contributed by atoms with Gasteiger partial charge in [0, 0.05) is 21.2 Å². The molecule has 1 aliphatic rings. The van der Waals surface area contributed by atoms with Crippen LogP contribution < -0.4 is 10.9 Å². The minimum Gasteiger partial charge on any atom is -0.284 e. The second-order valence-electron chi connectivity index (χ2n) is 7.21. The van der Waals surface area contributed by atoms with Crippen LogP contribution in [0.4, 0.5) is 4.39 Å². The van der Waals surface area contributed by atoms with Crippen LogP contribution in [0.2, 0.25) is 0 Å². The Morgan fingerprint density at radius 2 is 1.82 bits per heavy atom. The average Bonchev–Trinajstić information content (AvgIpc) is 3.36. The Hall–Kier alpha value is -3.05. The first-order chi connectivity index (χ1) is 13.7. The van der Waals surface area contributed by atoms with Gasteiger partial charge in [-0.25, -0.2) is 4.39 Å². The van der Waals surface area contributed by atoms with Crippen molar-refractivity contribution in [1.29, 1.82) is 0 Å². The van der Waals surface area contributed by atoms with Crippen molar-refractivity contribution in [2.24, 2.45) is 0 Å². The second kappa shape index (κ2) is 5.72. The molecule has 6 rings (SSSR count). The number of thiophene rings is 1. The quantitative estimate of drug-likeness (QED) is 0.432. The van der Waals surface area contributed by atoms with E-state index in [4.69, 9.17) is 0 Å². The number of fused-ring (bicyclic) bond motifs is 7. The molecule has 0 atom stereocenters. The van der Waals surface area contributed by atoms with Gasteiger partial charge in [0.1, 0.15) is 10.6 Å². The number of aromatic nitrogens is 2. The van der Waals surface area contributed by atoms with E-state index in [-0.39, 0.29) is 11.4 Å². The Kier molecular flexibility index (Phi) is 3.26. The predicted octanol–water partition coefficient (Wildman–Crippen LogP) is 4.24. The second-order valence-corrected chi connectivity index (χ2v) is 8.29. The molecule has 0 fully saturated rings. The highest BCUT2D eigenvalue weighted by atomic mass is 32.1. The molecule has 136 valence electrons. The van der Waals surface area contributed by atoms with Crippen molar-refractivity contribution in [3.63, 3.8) is 0 Å². The van der Waals surface area contributed by atoms with Gasteiger partial charge in [-0.1, -0.05) is 42.5 Å². The van der Waals surface area contributed by atoms with Crippen molar-refractivity contribution in [3.8, 4) is 0 Å². The number of nitrogens with zero attached hydrogens (tertiary/aromatic N) is 2. The van der Waals surface area contributed by atoms with Crippen molar-refractivity contribution < 1.29 is 4.39 Å². The Morgan fingerprint density at radius 3 is 2.68 bits per heavy atom. The van der Waals surface area contributed by atoms with Gasteiger partial charge in [-0.05, 0) is 37.0 Å². The number of hydrogen-bond donors (Lipinski definition) is 0. The van der Waals surface area contributed by atoms with E-state index in [2.05, 4.69) is 9.38 Å². The van der Waals surface area contributed by atoms with Crippen LogP contribution in [0.25, 0.3) is 32.7 Å². The lowest BCUT2D eigenvalue weighted by molar-refractivity contribution is 0.625. The summed E-state index contributed by atoms with van der Waals surface area (Å²) in [6.07, 6.45) is 4.91. The van der Waals surface area contributed by atoms with E-state index in [0.717, 1.165) is 51.2 Å². The Balaban J connectivity index is 1.89. The van der Waals surface area contributed by atoms with Crippen molar-refractivity contribution in [3.05, 3.63) is 86.1 Å². The van der Waals surface area contributed by atoms with Crippen LogP contribution in [-0.2, 0) is 12.8 Å². The summed E-state index contributed by atoms with van der Waals surface area (Å²) in [5, 5.41) is 3.50. The van der Waals surface area contributed by atoms with Crippen molar-refractivity contribution in [2.75, 3.05) is 0 Å². The first kappa shape index (κ1) is 16.0. The highest BCUT2D eigenvalue weighted by molar-refractivity contribution is 7.19. The summed E-state index contributed by atoms with van der Waals surface area (Å²) < 4.78 is 16.4. The number of hydrogen-bond acceptors (Lipinski definition) is 3. The molecule has 0 aliphatic heterocycles. The van der Waals surface area contributed by atoms with Crippen LogP contribution in [0.15, 0.2) is 53.3 Å². The zero-order chi connectivity index (χ0) is 18.8. The van der Waals surface area contributed by atoms with Crippen LogP contribution in [-0.4, -0.2) is 9.38 Å². The van der Waals surface area contributed by atoms with E-state index in [1.165, 1.54) is 10.9 Å². The molecule has 0 amide bonds. The summed E-state index contributed by atoms with van der Waals surface area (Å²) in [6, 6.07) is 14.6. The minimum atomic E-state index is -0.264. The first-order valence-corrected chi connectivity index (χ1v) is 10.2. The van der Waals surface area contributed by atoms with E-state index >= 15 is 0 Å². The van der Waals surface area contributed by atoms with Crippen LogP contribution >= 0.6 is 11.3 Å². The highest BCUT2D eigenvalue weighted by Crippen LogP contribution is 2.36. The SMILES string of the molecule is O=c1nc2c3ccccc3c(=Cc3ccccc3F)n2c2sc3c(c12)CCC3. The van der Waals surface area contributed by atoms with Crippen LogP contribution in [0, 0.1) is 5.82 Å². The number of halogens is 1. The van der Waals surface area contributed by atoms with Gasteiger partial charge in [-0.15, -0.1) is 11.3 Å². The number of aryl methyl sites for hydroxylation is 2. The normalized spacial score (nSPS) is 14.5. The molecule has 3 aromatic heterocycles. The van der Waals surface area contributed by atoms with E-state index in [0.29, 0.717) is 11.2 Å². The Labute approximate surface area is 163 Å². The van der Waals surface area contributed by atoms with Gasteiger partial charge in [-0.2, -0.15) is 4.98 Å². The standard InChI is InChI=1S/C23H15FN2OS/c24-17-10-4-1-6-13(17)12-18-14-7-2-3-8-15(14)21-25-22(27)20-16-9-5-11-19(16)28-23(20)26(18)21/h1-4,6-8,10,12H,5,9,11H2. The van der Waals surface area contributed by atoms with Gasteiger partial charge in [-0.3, -0.25) is 9.20 Å². The van der Waals surface area contributed by atoms with Crippen LogP contribution in [0.1, 0.15) is 22.4 Å². The zero-order valence-electron chi connectivity index (χ0n) is 14.9. The molecule has 2 aromatic carbocycles. The molecule has 3 nitrogen and oxygen atoms in total. The number of rotatable bonds is 1. The largest absolute Gasteiger partial charge is 0.284 e. The van der Waals surface area contributed by atoms with Gasteiger partial charge in [0.05, 0.1) is 10.7 Å². The minimum absolute atomic E-state index is 0.150. The van der Waals surface area contributed by atoms with Gasteiger partial charge in [0.25, 0.3) is 5.56 Å². The van der Waals surface area contributed by atoms with Crippen molar-refractivity contribution in [2.45, 2.75) is 19.3 Å². The topological polar surface area (TPSA) is 34.4 Å². The molecule has 0 saturated carbocycles. The first-order valence-electron chi connectivity index (χ1n) is 9.36. The molecule has 5 aromatic rings. The summed E-state index contributed by atoms with van der Waals surface area (Å²) in [4.78, 5) is 19.6. The zero-order valence-corrected chi connectivity index (χ0v) is 15.7. The van der Waals surface area contributed by atoms with Gasteiger partial charge in [0.15, 0.2) is 5.65 Å². The van der Waals surface area contributed by atoms with Crippen LogP contribution in [0.3, 0.4) is 0 Å². The van der Waals surface area contributed by atoms with Gasteiger partial charge in [0.2, 0.25) is 0 Å². The molecule has 0 radical (unpaired) electrons. The van der Waals surface area contributed by atoms with Gasteiger partial charge >= 0.3 is 0 Å². The molecule has 0 unspecified atom stereocenters. The van der Waals surface area contributed by atoms with E-state index in [1.54, 1.807) is 23.5 Å². The molecular formula is C23H15FN2OS. The predicted molar refractivity (Wildman–Crippen MR) is 112 cm³/mol. The lowest BCUT2D eigenvalue weighted by Crippen LogP contribution is -2.16. The fourth-order valence-corrected chi connectivity index (χ4v) is 5.77. The summed E-state index contributed by atoms with van der Waals surface area (Å²) in [5.74, 6) is -0.264. The summed E-state index contributed by atoms with van der Waals surface area (Å²) in [5.41, 5.74) is 2.18. The molecule has 0 saturated heterocycles. The third-order valence-corrected chi connectivity index (χ3v) is 6.90. The van der Waals surface area contributed by atoms with Crippen LogP contribution in [0.5, 0.6) is 0 Å². The third kappa shape index (κ3) is 2.08. The molecule has 0 N–H and O–H groups in total. The monoisotopic (exact) mass is 386 g/mol. The fraction of sp³-hybridized carbons (Fsp3) is 0.130. The number of benzene rings is 2.